The number of rotatable bonds is 14. The van der Waals surface area contributed by atoms with Crippen LogP contribution in [0.1, 0.15) is 53.4 Å². The van der Waals surface area contributed by atoms with Gasteiger partial charge in [0.2, 0.25) is 0 Å². The van der Waals surface area contributed by atoms with Crippen LogP contribution in [0.15, 0.2) is 23.3 Å². The first-order valence-electron chi connectivity index (χ1n) is 8.89. The van der Waals surface area contributed by atoms with Crippen LogP contribution in [-0.4, -0.2) is 49.9 Å². The van der Waals surface area contributed by atoms with Crippen LogP contribution in [0.25, 0.3) is 0 Å². The Morgan fingerprint density at radius 3 is 1.37 bits per heavy atom. The van der Waals surface area contributed by atoms with E-state index in [1.165, 1.54) is 13.8 Å². The fourth-order valence-electron chi connectivity index (χ4n) is 1.83. The number of Topliss-reactive ketones (excluding diaryl/α,β-unsaturated/α-hetero) is 2. The van der Waals surface area contributed by atoms with E-state index in [4.69, 9.17) is 14.2 Å². The predicted octanol–water partition coefficient (Wildman–Crippen LogP) is 2.72. The Balaban J connectivity index is 3.82. The normalized spacial score (nSPS) is 11.9. The van der Waals surface area contributed by atoms with Crippen molar-refractivity contribution in [3.8, 4) is 0 Å². The minimum atomic E-state index is -0.501. The fraction of sp³-hybridized carbons (Fsp3) is 0.600. The minimum absolute atomic E-state index is 0.187. The van der Waals surface area contributed by atoms with Gasteiger partial charge in [-0.1, -0.05) is 23.3 Å². The molecule has 0 N–H and O–H groups in total. The molecule has 0 spiro atoms. The SMILES string of the molecule is CC(=O)CC(=O)OCCC(C)=CCOCC=C(C)CCOC(=O)CC(C)=O. The molecule has 0 aromatic carbocycles. The summed E-state index contributed by atoms with van der Waals surface area (Å²) in [6.07, 6.45) is 4.62. The van der Waals surface area contributed by atoms with Gasteiger partial charge in [-0.3, -0.25) is 19.2 Å². The smallest absolute Gasteiger partial charge is 0.313 e. The molecule has 0 saturated heterocycles. The molecule has 0 saturated carbocycles. The average molecular weight is 382 g/mol. The molecule has 27 heavy (non-hydrogen) atoms. The van der Waals surface area contributed by atoms with Crippen molar-refractivity contribution in [2.45, 2.75) is 53.4 Å². The van der Waals surface area contributed by atoms with E-state index in [9.17, 15) is 19.2 Å². The van der Waals surface area contributed by atoms with Gasteiger partial charge in [-0.15, -0.1) is 0 Å². The summed E-state index contributed by atoms with van der Waals surface area (Å²) in [6, 6.07) is 0. The zero-order valence-corrected chi connectivity index (χ0v) is 16.7. The zero-order valence-electron chi connectivity index (χ0n) is 16.7. The molecule has 152 valence electrons. The monoisotopic (exact) mass is 382 g/mol. The molecule has 0 bridgehead atoms. The number of hydrogen-bond donors (Lipinski definition) is 0. The van der Waals surface area contributed by atoms with Crippen LogP contribution in [-0.2, 0) is 33.4 Å². The van der Waals surface area contributed by atoms with E-state index in [1.807, 2.05) is 26.0 Å². The zero-order chi connectivity index (χ0) is 20.7. The summed E-state index contributed by atoms with van der Waals surface area (Å²) in [5, 5.41) is 0. The first-order valence-corrected chi connectivity index (χ1v) is 8.89. The van der Waals surface area contributed by atoms with E-state index in [2.05, 4.69) is 0 Å². The standard InChI is InChI=1S/C20H30O7/c1-15(7-11-26-19(23)13-17(3)21)5-9-25-10-6-16(2)8-12-27-20(24)14-18(4)22/h5-6H,7-14H2,1-4H3. The van der Waals surface area contributed by atoms with E-state index in [-0.39, 0.29) is 37.6 Å². The molecule has 0 aromatic rings. The molecule has 0 radical (unpaired) electrons. The molecule has 0 unspecified atom stereocenters. The molecule has 7 nitrogen and oxygen atoms in total. The van der Waals surface area contributed by atoms with Crippen LogP contribution >= 0.6 is 0 Å². The second-order valence-electron chi connectivity index (χ2n) is 6.34. The third-order valence-electron chi connectivity index (χ3n) is 3.40. The summed E-state index contributed by atoms with van der Waals surface area (Å²) in [4.78, 5) is 44.0. The molecular weight excluding hydrogens is 352 g/mol. The van der Waals surface area contributed by atoms with Crippen molar-refractivity contribution in [2.75, 3.05) is 26.4 Å². The van der Waals surface area contributed by atoms with Crippen LogP contribution in [0.3, 0.4) is 0 Å². The van der Waals surface area contributed by atoms with Gasteiger partial charge in [0, 0.05) is 12.8 Å². The van der Waals surface area contributed by atoms with E-state index >= 15 is 0 Å². The number of carbonyl (C=O) groups excluding carboxylic acids is 4. The van der Waals surface area contributed by atoms with E-state index in [0.717, 1.165) is 11.1 Å². The Morgan fingerprint density at radius 2 is 1.04 bits per heavy atom. The lowest BCUT2D eigenvalue weighted by Crippen LogP contribution is -2.10. The topological polar surface area (TPSA) is 96.0 Å². The highest BCUT2D eigenvalue weighted by molar-refractivity contribution is 5.94. The Morgan fingerprint density at radius 1 is 0.667 bits per heavy atom. The Labute approximate surface area is 160 Å². The fourth-order valence-corrected chi connectivity index (χ4v) is 1.83. The maximum Gasteiger partial charge on any atom is 0.313 e. The molecule has 0 aliphatic rings. The van der Waals surface area contributed by atoms with Crippen LogP contribution in [0.5, 0.6) is 0 Å². The summed E-state index contributed by atoms with van der Waals surface area (Å²) < 4.78 is 15.4. The highest BCUT2D eigenvalue weighted by Crippen LogP contribution is 2.03. The van der Waals surface area contributed by atoms with Crippen LogP contribution in [0, 0.1) is 0 Å². The van der Waals surface area contributed by atoms with Crippen molar-refractivity contribution in [1.82, 2.24) is 0 Å². The van der Waals surface area contributed by atoms with Crippen LogP contribution in [0.2, 0.25) is 0 Å². The average Bonchev–Trinajstić information content (AvgIpc) is 2.53. The first-order chi connectivity index (χ1) is 12.7. The maximum atomic E-state index is 11.2. The molecule has 0 atom stereocenters. The lowest BCUT2D eigenvalue weighted by Gasteiger charge is -2.05. The number of ketones is 2. The van der Waals surface area contributed by atoms with Crippen molar-refractivity contribution >= 4 is 23.5 Å². The van der Waals surface area contributed by atoms with Gasteiger partial charge in [0.05, 0.1) is 26.4 Å². The summed E-state index contributed by atoms with van der Waals surface area (Å²) in [7, 11) is 0. The summed E-state index contributed by atoms with van der Waals surface area (Å²) in [6.45, 7) is 7.89. The van der Waals surface area contributed by atoms with Crippen LogP contribution < -0.4 is 0 Å². The third kappa shape index (κ3) is 16.9. The molecule has 7 heteroatoms. The van der Waals surface area contributed by atoms with Gasteiger partial charge in [0.1, 0.15) is 24.4 Å². The van der Waals surface area contributed by atoms with Gasteiger partial charge >= 0.3 is 11.9 Å². The lowest BCUT2D eigenvalue weighted by atomic mass is 10.2. The van der Waals surface area contributed by atoms with Gasteiger partial charge in [-0.25, -0.2) is 0 Å². The number of ether oxygens (including phenoxy) is 3. The molecule has 0 rings (SSSR count). The van der Waals surface area contributed by atoms with E-state index in [1.54, 1.807) is 0 Å². The summed E-state index contributed by atoms with van der Waals surface area (Å²) in [5.74, 6) is -1.42. The lowest BCUT2D eigenvalue weighted by molar-refractivity contribution is -0.147. The van der Waals surface area contributed by atoms with Crippen molar-refractivity contribution in [2.24, 2.45) is 0 Å². The Hall–Kier alpha value is -2.28. The van der Waals surface area contributed by atoms with Gasteiger partial charge in [-0.05, 0) is 27.7 Å². The highest BCUT2D eigenvalue weighted by atomic mass is 16.5. The summed E-state index contributed by atoms with van der Waals surface area (Å²) >= 11 is 0. The van der Waals surface area contributed by atoms with Gasteiger partial charge in [0.15, 0.2) is 0 Å². The molecule has 0 aromatic heterocycles. The number of esters is 2. The molecular formula is C20H30O7. The first kappa shape index (κ1) is 24.7. The number of carbonyl (C=O) groups is 4. The molecule has 0 heterocycles. The van der Waals surface area contributed by atoms with E-state index in [0.29, 0.717) is 26.1 Å². The summed E-state index contributed by atoms with van der Waals surface area (Å²) in [5.41, 5.74) is 2.06. The molecule has 0 fully saturated rings. The maximum absolute atomic E-state index is 11.2. The van der Waals surface area contributed by atoms with Crippen molar-refractivity contribution < 1.29 is 33.4 Å². The quantitative estimate of drug-likeness (QED) is 0.197. The minimum Gasteiger partial charge on any atom is -0.465 e. The highest BCUT2D eigenvalue weighted by Gasteiger charge is 2.06. The molecule has 0 aliphatic carbocycles. The van der Waals surface area contributed by atoms with Crippen LogP contribution in [0.4, 0.5) is 0 Å². The van der Waals surface area contributed by atoms with Crippen molar-refractivity contribution in [3.05, 3.63) is 23.3 Å². The predicted molar refractivity (Wildman–Crippen MR) is 100 cm³/mol. The molecule has 0 amide bonds. The third-order valence-corrected chi connectivity index (χ3v) is 3.40. The van der Waals surface area contributed by atoms with Gasteiger partial charge in [0.25, 0.3) is 0 Å². The Bertz CT molecular complexity index is 523. The number of hydrogen-bond acceptors (Lipinski definition) is 7. The largest absolute Gasteiger partial charge is 0.465 e. The van der Waals surface area contributed by atoms with E-state index < -0.39 is 11.9 Å². The second-order valence-corrected chi connectivity index (χ2v) is 6.34. The van der Waals surface area contributed by atoms with Crippen molar-refractivity contribution in [3.63, 3.8) is 0 Å². The Kier molecular flexibility index (Phi) is 13.6. The van der Waals surface area contributed by atoms with Gasteiger partial charge < -0.3 is 14.2 Å². The molecule has 0 aliphatic heterocycles. The second kappa shape index (κ2) is 14.8. The van der Waals surface area contributed by atoms with Gasteiger partial charge in [-0.2, -0.15) is 0 Å². The van der Waals surface area contributed by atoms with Crippen molar-refractivity contribution in [1.29, 1.82) is 0 Å².